The van der Waals surface area contributed by atoms with E-state index in [0.29, 0.717) is 23.1 Å². The van der Waals surface area contributed by atoms with E-state index in [1.165, 1.54) is 12.3 Å². The smallest absolute Gasteiger partial charge is 0.383 e. The van der Waals surface area contributed by atoms with Gasteiger partial charge in [-0.25, -0.2) is 9.97 Å². The summed E-state index contributed by atoms with van der Waals surface area (Å²) in [4.78, 5) is 13.2. The first kappa shape index (κ1) is 24.1. The van der Waals surface area contributed by atoms with Crippen molar-refractivity contribution >= 4 is 33.9 Å². The van der Waals surface area contributed by atoms with Gasteiger partial charge in [0.15, 0.2) is 0 Å². The van der Waals surface area contributed by atoms with E-state index >= 15 is 0 Å². The molecule has 0 bridgehead atoms. The van der Waals surface area contributed by atoms with Crippen LogP contribution in [0.15, 0.2) is 71.0 Å². The van der Waals surface area contributed by atoms with E-state index in [-0.39, 0.29) is 12.5 Å². The number of nitrogens with one attached hydrogen (secondary N) is 2. The van der Waals surface area contributed by atoms with Gasteiger partial charge in [0.1, 0.15) is 6.54 Å². The number of pyridine rings is 1. The highest BCUT2D eigenvalue weighted by molar-refractivity contribution is 5.84. The Balaban J connectivity index is 1.42. The van der Waals surface area contributed by atoms with Crippen LogP contribution in [0.3, 0.4) is 0 Å². The zero-order chi connectivity index (χ0) is 25.0. The molecule has 0 fully saturated rings. The zero-order valence-corrected chi connectivity index (χ0v) is 19.4. The van der Waals surface area contributed by atoms with E-state index < -0.39 is 11.7 Å². The molecule has 2 N–H and O–H groups in total. The molecule has 0 spiro atoms. The van der Waals surface area contributed by atoms with Crippen LogP contribution in [-0.4, -0.2) is 21.0 Å². The third-order valence-electron chi connectivity index (χ3n) is 5.03. The Morgan fingerprint density at radius 2 is 1.74 bits per heavy atom. The highest BCUT2D eigenvalue weighted by Gasteiger charge is 2.30. The molecule has 0 radical (unpaired) electrons. The van der Waals surface area contributed by atoms with Gasteiger partial charge in [0, 0.05) is 22.8 Å². The number of benzene rings is 2. The summed E-state index contributed by atoms with van der Waals surface area (Å²) in [6, 6.07) is 14.7. The minimum Gasteiger partial charge on any atom is -0.383 e. The van der Waals surface area contributed by atoms with Gasteiger partial charge in [-0.15, -0.1) is 5.11 Å². The Morgan fingerprint density at radius 1 is 0.943 bits per heavy atom. The number of anilines is 3. The number of hydrogen-bond donors (Lipinski definition) is 2. The average Bonchev–Trinajstić information content (AvgIpc) is 2.79. The van der Waals surface area contributed by atoms with Crippen molar-refractivity contribution in [2.75, 3.05) is 10.6 Å². The van der Waals surface area contributed by atoms with Crippen LogP contribution in [0.4, 0.5) is 36.2 Å². The lowest BCUT2D eigenvalue weighted by molar-refractivity contribution is -0.137. The second-order valence-electron chi connectivity index (χ2n) is 8.28. The number of hydrogen-bond acceptors (Lipinski definition) is 7. The number of fused-ring (bicyclic) bond motifs is 1. The molecule has 0 aliphatic rings. The zero-order valence-electron chi connectivity index (χ0n) is 19.4. The van der Waals surface area contributed by atoms with Gasteiger partial charge in [-0.1, -0.05) is 6.07 Å². The molecule has 2 aromatic heterocycles. The Bertz CT molecular complexity index is 1350. The SMILES string of the molecule is Cc1nc(N=NCc2ccc(Nc3cccc(C(F)(F)F)c3)cn2)nc2cc(NC(C)C)ccc12. The van der Waals surface area contributed by atoms with Gasteiger partial charge in [0.2, 0.25) is 0 Å². The van der Waals surface area contributed by atoms with Crippen molar-refractivity contribution in [3.05, 3.63) is 77.7 Å². The van der Waals surface area contributed by atoms with E-state index in [0.717, 1.165) is 34.4 Å². The van der Waals surface area contributed by atoms with Gasteiger partial charge in [0.25, 0.3) is 5.95 Å². The molecule has 4 aromatic rings. The fourth-order valence-corrected chi connectivity index (χ4v) is 3.44. The fourth-order valence-electron chi connectivity index (χ4n) is 3.44. The molecule has 10 heteroatoms. The number of aromatic nitrogens is 3. The predicted octanol–water partition coefficient (Wildman–Crippen LogP) is 7.20. The van der Waals surface area contributed by atoms with E-state index in [1.54, 1.807) is 18.2 Å². The van der Waals surface area contributed by atoms with Gasteiger partial charge in [-0.2, -0.15) is 18.3 Å². The normalized spacial score (nSPS) is 12.0. The second-order valence-corrected chi connectivity index (χ2v) is 8.28. The van der Waals surface area contributed by atoms with Crippen molar-refractivity contribution in [1.29, 1.82) is 0 Å². The first-order chi connectivity index (χ1) is 16.7. The van der Waals surface area contributed by atoms with Gasteiger partial charge < -0.3 is 10.6 Å². The third-order valence-corrected chi connectivity index (χ3v) is 5.03. The highest BCUT2D eigenvalue weighted by atomic mass is 19.4. The quantitative estimate of drug-likeness (QED) is 0.274. The Hall–Kier alpha value is -4.08. The van der Waals surface area contributed by atoms with Crippen LogP contribution >= 0.6 is 0 Å². The van der Waals surface area contributed by atoms with Crippen molar-refractivity contribution < 1.29 is 13.2 Å². The maximum atomic E-state index is 12.9. The van der Waals surface area contributed by atoms with Crippen molar-refractivity contribution in [3.63, 3.8) is 0 Å². The summed E-state index contributed by atoms with van der Waals surface area (Å²) in [5.74, 6) is 0.263. The minimum absolute atomic E-state index is 0.208. The lowest BCUT2D eigenvalue weighted by Gasteiger charge is -2.11. The molecule has 180 valence electrons. The summed E-state index contributed by atoms with van der Waals surface area (Å²) >= 11 is 0. The molecule has 2 heterocycles. The maximum absolute atomic E-state index is 12.9. The molecular weight excluding hydrogens is 455 g/mol. The summed E-state index contributed by atoms with van der Waals surface area (Å²) in [7, 11) is 0. The topological polar surface area (TPSA) is 87.5 Å². The summed E-state index contributed by atoms with van der Waals surface area (Å²) in [6.07, 6.45) is -2.86. The number of nitrogens with zero attached hydrogens (tertiary/aromatic N) is 5. The molecular formula is C25H24F3N7. The van der Waals surface area contributed by atoms with Crippen LogP contribution in [0.25, 0.3) is 10.9 Å². The number of azo groups is 1. The fraction of sp³-hybridized carbons (Fsp3) is 0.240. The maximum Gasteiger partial charge on any atom is 0.416 e. The van der Waals surface area contributed by atoms with Crippen LogP contribution in [0.5, 0.6) is 0 Å². The summed E-state index contributed by atoms with van der Waals surface area (Å²) in [5.41, 5.74) is 3.37. The molecule has 4 rings (SSSR count). The molecule has 0 amide bonds. The first-order valence-corrected chi connectivity index (χ1v) is 11.0. The van der Waals surface area contributed by atoms with Crippen LogP contribution in [0.1, 0.15) is 30.8 Å². The molecule has 2 aromatic carbocycles. The Labute approximate surface area is 200 Å². The van der Waals surface area contributed by atoms with E-state index in [9.17, 15) is 13.2 Å². The summed E-state index contributed by atoms with van der Waals surface area (Å²) in [6.45, 7) is 6.24. The van der Waals surface area contributed by atoms with Crippen LogP contribution in [-0.2, 0) is 12.7 Å². The number of rotatable bonds is 7. The Kier molecular flexibility index (Phi) is 6.90. The lowest BCUT2D eigenvalue weighted by Crippen LogP contribution is -2.09. The second kappa shape index (κ2) is 10.0. The van der Waals surface area contributed by atoms with Crippen molar-refractivity contribution in [3.8, 4) is 0 Å². The van der Waals surface area contributed by atoms with Crippen LogP contribution in [0.2, 0.25) is 0 Å². The standard InChI is InChI=1S/C25H24F3N7/c1-15(2)31-19-9-10-22-16(3)32-24(34-23(22)12-19)35-30-14-20-7-8-21(13-29-20)33-18-6-4-5-17(11-18)25(26,27)28/h4-13,15,31,33H,14H2,1-3H3. The molecule has 7 nitrogen and oxygen atoms in total. The molecule has 0 saturated carbocycles. The van der Waals surface area contributed by atoms with Gasteiger partial charge in [-0.3, -0.25) is 4.98 Å². The molecule has 0 atom stereocenters. The van der Waals surface area contributed by atoms with Gasteiger partial charge in [0.05, 0.1) is 34.4 Å². The Morgan fingerprint density at radius 3 is 2.46 bits per heavy atom. The number of alkyl halides is 3. The van der Waals surface area contributed by atoms with E-state index in [4.69, 9.17) is 0 Å². The third kappa shape index (κ3) is 6.28. The predicted molar refractivity (Wildman–Crippen MR) is 130 cm³/mol. The largest absolute Gasteiger partial charge is 0.416 e. The van der Waals surface area contributed by atoms with Crippen molar-refractivity contribution in [1.82, 2.24) is 15.0 Å². The molecule has 35 heavy (non-hydrogen) atoms. The highest BCUT2D eigenvalue weighted by Crippen LogP contribution is 2.31. The van der Waals surface area contributed by atoms with Gasteiger partial charge in [-0.05, 0) is 69.3 Å². The number of aryl methyl sites for hydroxylation is 1. The van der Waals surface area contributed by atoms with Gasteiger partial charge >= 0.3 is 6.18 Å². The summed E-state index contributed by atoms with van der Waals surface area (Å²) in [5, 5.41) is 15.5. The first-order valence-electron chi connectivity index (χ1n) is 11.0. The minimum atomic E-state index is -4.40. The van der Waals surface area contributed by atoms with Crippen molar-refractivity contribution in [2.24, 2.45) is 10.2 Å². The monoisotopic (exact) mass is 479 g/mol. The number of halogens is 3. The average molecular weight is 480 g/mol. The molecule has 0 saturated heterocycles. The molecule has 0 aliphatic heterocycles. The molecule has 0 aliphatic carbocycles. The lowest BCUT2D eigenvalue weighted by atomic mass is 10.1. The van der Waals surface area contributed by atoms with E-state index in [2.05, 4.69) is 49.7 Å². The van der Waals surface area contributed by atoms with Crippen LogP contribution in [0, 0.1) is 6.92 Å². The van der Waals surface area contributed by atoms with Crippen LogP contribution < -0.4 is 10.6 Å². The molecule has 0 unspecified atom stereocenters. The van der Waals surface area contributed by atoms with Crippen molar-refractivity contribution in [2.45, 2.75) is 39.5 Å². The van der Waals surface area contributed by atoms with E-state index in [1.807, 2.05) is 25.1 Å². The summed E-state index contributed by atoms with van der Waals surface area (Å²) < 4.78 is 38.7.